The molecular weight excluding hydrogens is 578 g/mol. The Balaban J connectivity index is 0. The average Bonchev–Trinajstić information content (AvgIpc) is 3.66. The van der Waals surface area contributed by atoms with Gasteiger partial charge in [-0.05, 0) is 38.5 Å². The summed E-state index contributed by atoms with van der Waals surface area (Å²) < 4.78 is 0. The van der Waals surface area contributed by atoms with E-state index in [-0.39, 0.29) is 70.9 Å². The smallest absolute Gasteiger partial charge is 0.548 e. The Morgan fingerprint density at radius 3 is 1.05 bits per heavy atom. The standard InChI is InChI=1S/2C17H31NO3.2Na/c2*1-2-3-4-5-6-7-8-9-10-13-16(19)18-14-11-12-15(18)17(20)21;;/h2*15H,2-14H2,1H3,(H,20,21);;/q;;2*+1/p-2/t2*15-;;/m00../s1. The van der Waals surface area contributed by atoms with E-state index < -0.39 is 24.0 Å². The molecule has 0 N–H and O–H groups in total. The van der Waals surface area contributed by atoms with Crippen molar-refractivity contribution >= 4 is 23.8 Å². The minimum absolute atomic E-state index is 0. The fourth-order valence-electron chi connectivity index (χ4n) is 6.08. The zero-order valence-electron chi connectivity index (χ0n) is 28.9. The van der Waals surface area contributed by atoms with Crippen LogP contribution in [0.2, 0.25) is 0 Å². The van der Waals surface area contributed by atoms with Crippen LogP contribution in [-0.2, 0) is 19.2 Å². The van der Waals surface area contributed by atoms with Crippen molar-refractivity contribution in [2.75, 3.05) is 13.1 Å². The van der Waals surface area contributed by atoms with Gasteiger partial charge in [0.15, 0.2) is 0 Å². The Kier molecular flexibility index (Phi) is 31.6. The number of unbranched alkanes of at least 4 members (excludes halogenated alkanes) is 16. The Morgan fingerprint density at radius 1 is 0.500 bits per heavy atom. The summed E-state index contributed by atoms with van der Waals surface area (Å²) in [4.78, 5) is 48.9. The van der Waals surface area contributed by atoms with E-state index >= 15 is 0 Å². The molecule has 2 heterocycles. The van der Waals surface area contributed by atoms with Gasteiger partial charge in [0, 0.05) is 25.9 Å². The van der Waals surface area contributed by atoms with E-state index in [0.29, 0.717) is 38.8 Å². The van der Waals surface area contributed by atoms with Gasteiger partial charge in [0.2, 0.25) is 11.8 Å². The molecule has 2 rings (SSSR count). The van der Waals surface area contributed by atoms with Crippen molar-refractivity contribution in [2.24, 2.45) is 0 Å². The van der Waals surface area contributed by atoms with Crippen LogP contribution in [0, 0.1) is 0 Å². The first-order chi connectivity index (χ1) is 20.3. The number of amides is 2. The molecule has 0 bridgehead atoms. The monoisotopic (exact) mass is 638 g/mol. The Morgan fingerprint density at radius 2 is 0.773 bits per heavy atom. The van der Waals surface area contributed by atoms with Gasteiger partial charge in [-0.1, -0.05) is 117 Å². The van der Waals surface area contributed by atoms with Crippen LogP contribution in [0.15, 0.2) is 0 Å². The average molecular weight is 639 g/mol. The minimum Gasteiger partial charge on any atom is -0.548 e. The van der Waals surface area contributed by atoms with Crippen LogP contribution in [0.4, 0.5) is 0 Å². The molecule has 8 nitrogen and oxygen atoms in total. The first kappa shape index (κ1) is 46.0. The fourth-order valence-corrected chi connectivity index (χ4v) is 6.08. The molecule has 2 aliphatic rings. The third-order valence-electron chi connectivity index (χ3n) is 8.68. The van der Waals surface area contributed by atoms with Crippen molar-refractivity contribution in [3.05, 3.63) is 0 Å². The molecule has 0 aromatic heterocycles. The molecular formula is C34H60N2Na2O6. The van der Waals surface area contributed by atoms with Gasteiger partial charge in [-0.2, -0.15) is 0 Å². The maximum absolute atomic E-state index is 12.0. The van der Waals surface area contributed by atoms with Gasteiger partial charge < -0.3 is 29.6 Å². The van der Waals surface area contributed by atoms with Gasteiger partial charge in [0.25, 0.3) is 0 Å². The molecule has 0 saturated carbocycles. The summed E-state index contributed by atoms with van der Waals surface area (Å²) >= 11 is 0. The van der Waals surface area contributed by atoms with Gasteiger partial charge in [-0.25, -0.2) is 0 Å². The van der Waals surface area contributed by atoms with E-state index in [9.17, 15) is 29.4 Å². The zero-order chi connectivity index (χ0) is 31.0. The number of carbonyl (C=O) groups excluding carboxylic acids is 4. The summed E-state index contributed by atoms with van der Waals surface area (Å²) in [7, 11) is 0. The summed E-state index contributed by atoms with van der Waals surface area (Å²) in [6, 6.07) is -1.37. The number of carboxylic acid groups (broad SMARTS) is 2. The molecule has 0 spiro atoms. The van der Waals surface area contributed by atoms with E-state index in [4.69, 9.17) is 0 Å². The van der Waals surface area contributed by atoms with Crippen LogP contribution in [0.1, 0.15) is 168 Å². The molecule has 244 valence electrons. The quantitative estimate of drug-likeness (QED) is 0.114. The van der Waals surface area contributed by atoms with Crippen LogP contribution in [0.5, 0.6) is 0 Å². The number of aliphatic carboxylic acids is 2. The van der Waals surface area contributed by atoms with Crippen LogP contribution >= 0.6 is 0 Å². The predicted molar refractivity (Wildman–Crippen MR) is 163 cm³/mol. The molecule has 0 aromatic rings. The molecule has 0 aromatic carbocycles. The number of hydrogen-bond acceptors (Lipinski definition) is 6. The summed E-state index contributed by atoms with van der Waals surface area (Å²) in [6.07, 6.45) is 25.6. The Labute approximate surface area is 312 Å². The van der Waals surface area contributed by atoms with E-state index in [1.54, 1.807) is 0 Å². The topological polar surface area (TPSA) is 121 Å². The molecule has 2 aliphatic heterocycles. The van der Waals surface area contributed by atoms with Crippen molar-refractivity contribution in [1.29, 1.82) is 0 Å². The Bertz CT molecular complexity index is 708. The van der Waals surface area contributed by atoms with Crippen LogP contribution < -0.4 is 69.3 Å². The van der Waals surface area contributed by atoms with E-state index in [1.807, 2.05) is 0 Å². The largest absolute Gasteiger partial charge is 1.00 e. The van der Waals surface area contributed by atoms with E-state index in [0.717, 1.165) is 38.5 Å². The normalized spacial score (nSPS) is 17.3. The van der Waals surface area contributed by atoms with Crippen LogP contribution in [0.25, 0.3) is 0 Å². The first-order valence-corrected chi connectivity index (χ1v) is 17.3. The maximum Gasteiger partial charge on any atom is 1.00 e. The molecule has 10 heteroatoms. The molecule has 0 unspecified atom stereocenters. The first-order valence-electron chi connectivity index (χ1n) is 17.3. The summed E-state index contributed by atoms with van der Waals surface area (Å²) in [6.45, 7) is 5.61. The Hall–Kier alpha value is -0.120. The third kappa shape index (κ3) is 20.9. The number of rotatable bonds is 22. The maximum atomic E-state index is 12.0. The number of hydrogen-bond donors (Lipinski definition) is 0. The number of likely N-dealkylation sites (tertiary alicyclic amines) is 2. The van der Waals surface area contributed by atoms with Crippen LogP contribution in [-0.4, -0.2) is 58.7 Å². The second-order valence-corrected chi connectivity index (χ2v) is 12.3. The van der Waals surface area contributed by atoms with Gasteiger partial charge in [0.1, 0.15) is 0 Å². The second kappa shape index (κ2) is 30.2. The van der Waals surface area contributed by atoms with Gasteiger partial charge in [-0.3, -0.25) is 9.59 Å². The number of nitrogens with zero attached hydrogens (tertiary/aromatic N) is 2. The number of carboxylic acids is 2. The molecule has 0 radical (unpaired) electrons. The van der Waals surface area contributed by atoms with Crippen LogP contribution in [0.3, 0.4) is 0 Å². The molecule has 2 fully saturated rings. The van der Waals surface area contributed by atoms with Crippen molar-refractivity contribution < 1.29 is 88.5 Å². The van der Waals surface area contributed by atoms with Gasteiger partial charge in [0.05, 0.1) is 24.0 Å². The van der Waals surface area contributed by atoms with Crippen molar-refractivity contribution in [1.82, 2.24) is 9.80 Å². The summed E-state index contributed by atoms with van der Waals surface area (Å²) in [5, 5.41) is 21.9. The molecule has 44 heavy (non-hydrogen) atoms. The van der Waals surface area contributed by atoms with Crippen molar-refractivity contribution in [2.45, 2.75) is 180 Å². The second-order valence-electron chi connectivity index (χ2n) is 12.3. The van der Waals surface area contributed by atoms with E-state index in [2.05, 4.69) is 13.8 Å². The van der Waals surface area contributed by atoms with Crippen molar-refractivity contribution in [3.8, 4) is 0 Å². The van der Waals surface area contributed by atoms with Gasteiger partial charge in [-0.15, -0.1) is 0 Å². The zero-order valence-corrected chi connectivity index (χ0v) is 32.9. The van der Waals surface area contributed by atoms with Gasteiger partial charge >= 0.3 is 59.1 Å². The minimum atomic E-state index is -1.10. The molecule has 2 saturated heterocycles. The summed E-state index contributed by atoms with van der Waals surface area (Å²) in [5.41, 5.74) is 0. The van der Waals surface area contributed by atoms with Crippen molar-refractivity contribution in [3.63, 3.8) is 0 Å². The third-order valence-corrected chi connectivity index (χ3v) is 8.68. The predicted octanol–water partition coefficient (Wildman–Crippen LogP) is -0.696. The SMILES string of the molecule is CCCCCCCCCCCC(=O)N1CCC[C@H]1C(=O)[O-].CCCCCCCCCCCC(=O)N1CCC[C@H]1C(=O)[O-].[Na+].[Na+]. The number of carbonyl (C=O) groups is 4. The molecule has 2 atom stereocenters. The summed E-state index contributed by atoms with van der Waals surface area (Å²) in [5.74, 6) is -2.23. The fraction of sp³-hybridized carbons (Fsp3) is 0.882. The van der Waals surface area contributed by atoms with E-state index in [1.165, 1.54) is 99.7 Å². The molecule has 0 aliphatic carbocycles. The molecule has 2 amide bonds.